The number of halogens is 3. The normalized spacial score (nSPS) is 14.4. The van der Waals surface area contributed by atoms with Gasteiger partial charge in [0.15, 0.2) is 6.61 Å². The van der Waals surface area contributed by atoms with Crippen LogP contribution in [-0.2, 0) is 20.8 Å². The molecule has 0 saturated heterocycles. The number of aromatic nitrogens is 3. The van der Waals surface area contributed by atoms with Gasteiger partial charge in [-0.3, -0.25) is 4.79 Å². The number of rotatable bonds is 8. The van der Waals surface area contributed by atoms with E-state index in [0.29, 0.717) is 24.5 Å². The van der Waals surface area contributed by atoms with Crippen molar-refractivity contribution < 1.29 is 51.2 Å². The van der Waals surface area contributed by atoms with Gasteiger partial charge in [-0.25, -0.2) is 9.59 Å². The van der Waals surface area contributed by atoms with Gasteiger partial charge in [0.2, 0.25) is 11.9 Å². The topological polar surface area (TPSA) is 184 Å². The van der Waals surface area contributed by atoms with Crippen LogP contribution in [0.15, 0.2) is 42.5 Å². The first-order chi connectivity index (χ1) is 25.2. The Morgan fingerprint density at radius 3 is 2.30 bits per heavy atom. The third kappa shape index (κ3) is 14.2. The third-order valence-corrected chi connectivity index (χ3v) is 7.29. The number of alkyl halides is 3. The molecule has 2 aromatic carbocycles. The average Bonchev–Trinajstić information content (AvgIpc) is 3.09. The van der Waals surface area contributed by atoms with E-state index in [9.17, 15) is 27.6 Å². The molecule has 2 aliphatic rings. The van der Waals surface area contributed by atoms with Crippen LogP contribution in [0.2, 0.25) is 0 Å². The number of nitrogens with one attached hydrogen (secondary N) is 4. The molecule has 5 rings (SSSR count). The Labute approximate surface area is 304 Å². The molecule has 4 N–H and O–H groups in total. The number of carbonyl (C=O) groups excluding carboxylic acids is 3. The van der Waals surface area contributed by atoms with Crippen molar-refractivity contribution in [2.75, 3.05) is 44.1 Å². The first kappa shape index (κ1) is 40.2. The summed E-state index contributed by atoms with van der Waals surface area (Å²) < 4.78 is 65.8. The third-order valence-electron chi connectivity index (χ3n) is 7.29. The molecule has 15 nitrogen and oxygen atoms in total. The highest BCUT2D eigenvalue weighted by Gasteiger charge is 2.29. The molecule has 0 unspecified atom stereocenters. The number of hydrogen-bond donors (Lipinski definition) is 4. The monoisotopic (exact) mass is 747 g/mol. The fraction of sp³-hybridized carbons (Fsp3) is 0.486. The molecular weight excluding hydrogens is 703 g/mol. The number of nitrogens with zero attached hydrogens (tertiary/aromatic N) is 3. The van der Waals surface area contributed by atoms with E-state index in [4.69, 9.17) is 23.7 Å². The van der Waals surface area contributed by atoms with Crippen LogP contribution in [0.1, 0.15) is 68.8 Å². The van der Waals surface area contributed by atoms with Gasteiger partial charge in [-0.15, -0.1) is 0 Å². The zero-order valence-electron chi connectivity index (χ0n) is 29.9. The van der Waals surface area contributed by atoms with Crippen LogP contribution in [0.4, 0.5) is 35.5 Å². The van der Waals surface area contributed by atoms with Crippen molar-refractivity contribution in [3.05, 3.63) is 53.6 Å². The van der Waals surface area contributed by atoms with Gasteiger partial charge in [0.1, 0.15) is 23.1 Å². The standard InChI is InChI=1S/C35H44F3N7O8/c1-34(2,3)53-33(48)39-16-15-26(29(47)49-4)42-28(46)25-14-11-23-19-27(25)51-18-8-6-5-7-17-50-24-12-9-22(10-13-24)20-40-30-43-31(41-23)45-32(44-30)52-21-35(36,37)38/h9-14,19,26H,5-8,15-18,20-21H2,1-4H3,(H,39,48)(H,42,46)(H2,40,41,43,44,45)/t26-/m1/s1. The molecule has 3 aromatic rings. The van der Waals surface area contributed by atoms with Crippen LogP contribution in [-0.4, -0.2) is 84.2 Å². The van der Waals surface area contributed by atoms with Crippen molar-refractivity contribution in [3.63, 3.8) is 0 Å². The van der Waals surface area contributed by atoms with Crippen LogP contribution >= 0.6 is 0 Å². The highest BCUT2D eigenvalue weighted by Crippen LogP contribution is 2.27. The second kappa shape index (κ2) is 18.8. The minimum atomic E-state index is -4.64. The molecule has 2 aliphatic heterocycles. The maximum atomic E-state index is 13.6. The maximum Gasteiger partial charge on any atom is 0.422 e. The number of hydrogen-bond acceptors (Lipinski definition) is 13. The molecule has 288 valence electrons. The highest BCUT2D eigenvalue weighted by atomic mass is 19.4. The number of ether oxygens (including phenoxy) is 5. The predicted octanol–water partition coefficient (Wildman–Crippen LogP) is 5.69. The van der Waals surface area contributed by atoms with Crippen LogP contribution < -0.4 is 35.5 Å². The van der Waals surface area contributed by atoms with Crippen molar-refractivity contribution in [1.82, 2.24) is 25.6 Å². The van der Waals surface area contributed by atoms with Gasteiger partial charge in [0.05, 0.1) is 25.9 Å². The van der Waals surface area contributed by atoms with E-state index < -0.39 is 48.4 Å². The minimum Gasteiger partial charge on any atom is -0.494 e. The van der Waals surface area contributed by atoms with Gasteiger partial charge in [-0.05, 0) is 82.7 Å². The molecule has 1 aromatic heterocycles. The Morgan fingerprint density at radius 2 is 1.62 bits per heavy atom. The summed E-state index contributed by atoms with van der Waals surface area (Å²) in [5, 5.41) is 11.1. The Morgan fingerprint density at radius 1 is 0.925 bits per heavy atom. The van der Waals surface area contributed by atoms with Crippen molar-refractivity contribution >= 4 is 35.6 Å². The molecule has 6 bridgehead atoms. The second-order valence-corrected chi connectivity index (χ2v) is 12.9. The lowest BCUT2D eigenvalue weighted by Gasteiger charge is -2.21. The number of methoxy groups -OCH3 is 1. The lowest BCUT2D eigenvalue weighted by molar-refractivity contribution is -0.154. The van der Waals surface area contributed by atoms with Gasteiger partial charge in [0, 0.05) is 24.8 Å². The van der Waals surface area contributed by atoms with Gasteiger partial charge in [0.25, 0.3) is 5.91 Å². The summed E-state index contributed by atoms with van der Waals surface area (Å²) >= 11 is 0. The molecule has 3 heterocycles. The second-order valence-electron chi connectivity index (χ2n) is 12.9. The number of fused-ring (bicyclic) bond motifs is 10. The Bertz CT molecular complexity index is 1690. The number of carbonyl (C=O) groups is 3. The Balaban J connectivity index is 1.58. The fourth-order valence-electron chi connectivity index (χ4n) is 4.81. The molecule has 18 heteroatoms. The Kier molecular flexibility index (Phi) is 14.3. The summed E-state index contributed by atoms with van der Waals surface area (Å²) in [6.45, 7) is 4.49. The maximum absolute atomic E-state index is 13.6. The first-order valence-electron chi connectivity index (χ1n) is 17.0. The molecule has 0 radical (unpaired) electrons. The number of benzene rings is 2. The van der Waals surface area contributed by atoms with E-state index >= 15 is 0 Å². The van der Waals surface area contributed by atoms with E-state index in [0.717, 1.165) is 24.8 Å². The molecule has 0 fully saturated rings. The van der Waals surface area contributed by atoms with E-state index in [-0.39, 0.29) is 49.3 Å². The number of anilines is 3. The van der Waals surface area contributed by atoms with Crippen molar-refractivity contribution in [3.8, 4) is 17.5 Å². The van der Waals surface area contributed by atoms with Gasteiger partial charge < -0.3 is 45.0 Å². The molecule has 0 aliphatic carbocycles. The molecule has 0 spiro atoms. The average molecular weight is 748 g/mol. The SMILES string of the molecule is COC(=O)[C@@H](CCNC(=O)OC(C)(C)C)NC(=O)c1ccc2cc1OCCCCCCOc1ccc(cc1)CNc1nc(nc(OCC(F)(F)F)n1)N2. The lowest BCUT2D eigenvalue weighted by Crippen LogP contribution is -2.44. The lowest BCUT2D eigenvalue weighted by atomic mass is 10.1. The Hall–Kier alpha value is -5.55. The molecule has 2 amide bonds. The van der Waals surface area contributed by atoms with E-state index in [1.807, 2.05) is 24.3 Å². The van der Waals surface area contributed by atoms with Crippen molar-refractivity contribution in [2.45, 2.75) is 77.2 Å². The van der Waals surface area contributed by atoms with Crippen LogP contribution in [0.3, 0.4) is 0 Å². The highest BCUT2D eigenvalue weighted by molar-refractivity contribution is 5.99. The van der Waals surface area contributed by atoms with Crippen LogP contribution in [0.25, 0.3) is 0 Å². The molecule has 53 heavy (non-hydrogen) atoms. The number of amides is 2. The summed E-state index contributed by atoms with van der Waals surface area (Å²) in [6, 6.07) is 10.1. The summed E-state index contributed by atoms with van der Waals surface area (Å²) in [5.74, 6) is -0.781. The predicted molar refractivity (Wildman–Crippen MR) is 186 cm³/mol. The van der Waals surface area contributed by atoms with E-state index in [1.165, 1.54) is 25.3 Å². The van der Waals surface area contributed by atoms with Crippen LogP contribution in [0, 0.1) is 0 Å². The number of esters is 1. The largest absolute Gasteiger partial charge is 0.494 e. The zero-order valence-corrected chi connectivity index (χ0v) is 29.9. The quantitative estimate of drug-likeness (QED) is 0.207. The molecule has 0 saturated carbocycles. The van der Waals surface area contributed by atoms with Crippen molar-refractivity contribution in [1.29, 1.82) is 0 Å². The zero-order chi connectivity index (χ0) is 38.4. The molecule has 1 atom stereocenters. The van der Waals surface area contributed by atoms with Crippen molar-refractivity contribution in [2.24, 2.45) is 0 Å². The van der Waals surface area contributed by atoms with Crippen LogP contribution in [0.5, 0.6) is 17.5 Å². The first-order valence-corrected chi connectivity index (χ1v) is 17.0. The molecular formula is C35H44F3N7O8. The smallest absolute Gasteiger partial charge is 0.422 e. The summed E-state index contributed by atoms with van der Waals surface area (Å²) in [5.41, 5.74) is 0.506. The summed E-state index contributed by atoms with van der Waals surface area (Å²) in [6.07, 6.45) is -2.17. The van der Waals surface area contributed by atoms with Gasteiger partial charge in [-0.1, -0.05) is 12.1 Å². The minimum absolute atomic E-state index is 0.00365. The summed E-state index contributed by atoms with van der Waals surface area (Å²) in [7, 11) is 1.18. The number of alkyl carbamates (subject to hydrolysis) is 1. The van der Waals surface area contributed by atoms with E-state index in [2.05, 4.69) is 36.2 Å². The fourth-order valence-corrected chi connectivity index (χ4v) is 4.81. The van der Waals surface area contributed by atoms with E-state index in [1.54, 1.807) is 20.8 Å². The summed E-state index contributed by atoms with van der Waals surface area (Å²) in [4.78, 5) is 50.5. The van der Waals surface area contributed by atoms with Gasteiger partial charge >= 0.3 is 24.2 Å². The van der Waals surface area contributed by atoms with Gasteiger partial charge in [-0.2, -0.15) is 28.1 Å².